The van der Waals surface area contributed by atoms with E-state index < -0.39 is 23.5 Å². The third kappa shape index (κ3) is 7.57. The van der Waals surface area contributed by atoms with Gasteiger partial charge >= 0.3 is 0 Å². The number of nitrogens with two attached hydrogens (primary N) is 1. The van der Waals surface area contributed by atoms with Gasteiger partial charge in [-0.05, 0) is 24.6 Å². The third-order valence-electron chi connectivity index (χ3n) is 2.80. The van der Waals surface area contributed by atoms with Crippen LogP contribution in [0.4, 0.5) is 4.39 Å². The first-order chi connectivity index (χ1) is 10.4. The maximum absolute atomic E-state index is 13.3. The molecule has 0 spiro atoms. The van der Waals surface area contributed by atoms with E-state index in [9.17, 15) is 18.8 Å². The number of hydrogen-bond donors (Lipinski definition) is 4. The smallest absolute Gasteiger partial charge is 0.251 e. The Morgan fingerprint density at radius 2 is 1.74 bits per heavy atom. The SMILES string of the molecule is Cc1ccc(C(=O)NCCNC(=O)CNC(=O)CN)cc1F.Cl. The number of carbonyl (C=O) groups excluding carboxylic acids is 3. The zero-order valence-electron chi connectivity index (χ0n) is 12.6. The van der Waals surface area contributed by atoms with Gasteiger partial charge in [-0.1, -0.05) is 6.07 Å². The predicted molar refractivity (Wildman–Crippen MR) is 85.8 cm³/mol. The summed E-state index contributed by atoms with van der Waals surface area (Å²) in [6.45, 7) is 1.63. The van der Waals surface area contributed by atoms with Crippen molar-refractivity contribution in [3.05, 3.63) is 35.1 Å². The minimum atomic E-state index is -0.448. The number of rotatable bonds is 7. The molecule has 7 nitrogen and oxygen atoms in total. The van der Waals surface area contributed by atoms with Crippen LogP contribution in [0.5, 0.6) is 0 Å². The molecule has 128 valence electrons. The van der Waals surface area contributed by atoms with Gasteiger partial charge in [-0.3, -0.25) is 14.4 Å². The Hall–Kier alpha value is -2.19. The highest BCUT2D eigenvalue weighted by atomic mass is 35.5. The van der Waals surface area contributed by atoms with Crippen molar-refractivity contribution < 1.29 is 18.8 Å². The molecule has 1 rings (SSSR count). The molecule has 0 radical (unpaired) electrons. The number of halogens is 2. The van der Waals surface area contributed by atoms with Gasteiger partial charge in [0.05, 0.1) is 13.1 Å². The van der Waals surface area contributed by atoms with Gasteiger partial charge in [0.15, 0.2) is 0 Å². The van der Waals surface area contributed by atoms with Crippen LogP contribution in [-0.2, 0) is 9.59 Å². The summed E-state index contributed by atoms with van der Waals surface area (Å²) in [4.78, 5) is 33.9. The molecule has 0 heterocycles. The standard InChI is InChI=1S/C14H19FN4O3.ClH/c1-9-2-3-10(6-11(9)15)14(22)18-5-4-17-13(21)8-19-12(20)7-16;/h2-3,6H,4-5,7-8,16H2,1H3,(H,17,21)(H,18,22)(H,19,20);1H. The highest BCUT2D eigenvalue weighted by Gasteiger charge is 2.08. The second-order valence-corrected chi connectivity index (χ2v) is 4.55. The summed E-state index contributed by atoms with van der Waals surface area (Å²) in [5.74, 6) is -1.69. The molecule has 0 fully saturated rings. The first kappa shape index (κ1) is 20.8. The topological polar surface area (TPSA) is 113 Å². The Morgan fingerprint density at radius 1 is 1.09 bits per heavy atom. The average Bonchev–Trinajstić information content (AvgIpc) is 2.51. The highest BCUT2D eigenvalue weighted by Crippen LogP contribution is 2.08. The molecule has 23 heavy (non-hydrogen) atoms. The summed E-state index contributed by atoms with van der Waals surface area (Å²) in [6, 6.07) is 4.20. The van der Waals surface area contributed by atoms with E-state index in [1.165, 1.54) is 12.1 Å². The lowest BCUT2D eigenvalue weighted by molar-refractivity contribution is -0.125. The van der Waals surface area contributed by atoms with E-state index in [1.54, 1.807) is 6.92 Å². The van der Waals surface area contributed by atoms with E-state index in [1.807, 2.05) is 0 Å². The minimum absolute atomic E-state index is 0. The fraction of sp³-hybridized carbons (Fsp3) is 0.357. The van der Waals surface area contributed by atoms with E-state index in [4.69, 9.17) is 5.73 Å². The van der Waals surface area contributed by atoms with E-state index in [0.29, 0.717) is 5.56 Å². The first-order valence-electron chi connectivity index (χ1n) is 6.72. The van der Waals surface area contributed by atoms with E-state index >= 15 is 0 Å². The fourth-order valence-electron chi connectivity index (χ4n) is 1.53. The molecule has 0 saturated carbocycles. The molecular formula is C14H20ClFN4O3. The average molecular weight is 347 g/mol. The molecule has 9 heteroatoms. The molecule has 0 aromatic heterocycles. The van der Waals surface area contributed by atoms with Gasteiger partial charge in [0.2, 0.25) is 11.8 Å². The molecule has 5 N–H and O–H groups in total. The fourth-order valence-corrected chi connectivity index (χ4v) is 1.53. The van der Waals surface area contributed by atoms with Crippen molar-refractivity contribution in [2.45, 2.75) is 6.92 Å². The number of aryl methyl sites for hydroxylation is 1. The molecule has 1 aromatic rings. The van der Waals surface area contributed by atoms with Gasteiger partial charge in [0, 0.05) is 18.7 Å². The monoisotopic (exact) mass is 346 g/mol. The van der Waals surface area contributed by atoms with Crippen molar-refractivity contribution >= 4 is 30.1 Å². The molecule has 3 amide bonds. The maximum Gasteiger partial charge on any atom is 0.251 e. The van der Waals surface area contributed by atoms with Crippen LogP contribution < -0.4 is 21.7 Å². The quantitative estimate of drug-likeness (QED) is 0.497. The zero-order chi connectivity index (χ0) is 16.5. The molecular weight excluding hydrogens is 327 g/mol. The van der Waals surface area contributed by atoms with Crippen molar-refractivity contribution in [3.63, 3.8) is 0 Å². The first-order valence-corrected chi connectivity index (χ1v) is 6.72. The van der Waals surface area contributed by atoms with Gasteiger partial charge in [-0.2, -0.15) is 0 Å². The maximum atomic E-state index is 13.3. The van der Waals surface area contributed by atoms with Crippen LogP contribution in [0, 0.1) is 12.7 Å². The molecule has 0 aliphatic heterocycles. The van der Waals surface area contributed by atoms with Crippen LogP contribution in [0.25, 0.3) is 0 Å². The van der Waals surface area contributed by atoms with Gasteiger partial charge < -0.3 is 21.7 Å². The summed E-state index contributed by atoms with van der Waals surface area (Å²) in [5.41, 5.74) is 5.74. The summed E-state index contributed by atoms with van der Waals surface area (Å²) in [5, 5.41) is 7.37. The van der Waals surface area contributed by atoms with Crippen LogP contribution in [0.1, 0.15) is 15.9 Å². The van der Waals surface area contributed by atoms with Gasteiger partial charge in [0.1, 0.15) is 5.82 Å². The summed E-state index contributed by atoms with van der Waals surface area (Å²) >= 11 is 0. The zero-order valence-corrected chi connectivity index (χ0v) is 13.5. The normalized spacial score (nSPS) is 9.52. The molecule has 0 bridgehead atoms. The van der Waals surface area contributed by atoms with Crippen LogP contribution in [0.15, 0.2) is 18.2 Å². The number of hydrogen-bond acceptors (Lipinski definition) is 4. The Labute approximate surface area is 139 Å². The Morgan fingerprint density at radius 3 is 2.35 bits per heavy atom. The third-order valence-corrected chi connectivity index (χ3v) is 2.80. The molecule has 0 unspecified atom stereocenters. The molecule has 0 saturated heterocycles. The molecule has 0 atom stereocenters. The Kier molecular flexibility index (Phi) is 9.52. The van der Waals surface area contributed by atoms with Gasteiger partial charge in [0.25, 0.3) is 5.91 Å². The van der Waals surface area contributed by atoms with Crippen LogP contribution in [0.2, 0.25) is 0 Å². The molecule has 1 aromatic carbocycles. The van der Waals surface area contributed by atoms with Crippen molar-refractivity contribution in [1.82, 2.24) is 16.0 Å². The molecule has 0 aliphatic rings. The second-order valence-electron chi connectivity index (χ2n) is 4.55. The number of carbonyl (C=O) groups is 3. The van der Waals surface area contributed by atoms with Crippen molar-refractivity contribution in [2.24, 2.45) is 5.73 Å². The van der Waals surface area contributed by atoms with Crippen molar-refractivity contribution in [2.75, 3.05) is 26.2 Å². The lowest BCUT2D eigenvalue weighted by Crippen LogP contribution is -2.41. The number of amides is 3. The lowest BCUT2D eigenvalue weighted by atomic mass is 10.1. The minimum Gasteiger partial charge on any atom is -0.353 e. The van der Waals surface area contributed by atoms with Gasteiger partial charge in [-0.15, -0.1) is 12.4 Å². The molecule has 0 aliphatic carbocycles. The lowest BCUT2D eigenvalue weighted by Gasteiger charge is -2.08. The van der Waals surface area contributed by atoms with E-state index in [-0.39, 0.29) is 44.1 Å². The van der Waals surface area contributed by atoms with Gasteiger partial charge in [-0.25, -0.2) is 4.39 Å². The number of benzene rings is 1. The predicted octanol–water partition coefficient (Wildman–Crippen LogP) is -0.523. The van der Waals surface area contributed by atoms with Crippen molar-refractivity contribution in [1.29, 1.82) is 0 Å². The second kappa shape index (κ2) is 10.5. The summed E-state index contributed by atoms with van der Waals surface area (Å²) in [7, 11) is 0. The Balaban J connectivity index is 0.00000484. The van der Waals surface area contributed by atoms with E-state index in [0.717, 1.165) is 6.07 Å². The van der Waals surface area contributed by atoms with E-state index in [2.05, 4.69) is 16.0 Å². The Bertz CT molecular complexity index is 569. The van der Waals surface area contributed by atoms with Crippen LogP contribution >= 0.6 is 12.4 Å². The largest absolute Gasteiger partial charge is 0.353 e. The highest BCUT2D eigenvalue weighted by molar-refractivity contribution is 5.94. The summed E-state index contributed by atoms with van der Waals surface area (Å²) < 4.78 is 13.3. The van der Waals surface area contributed by atoms with Crippen LogP contribution in [-0.4, -0.2) is 43.9 Å². The van der Waals surface area contributed by atoms with Crippen LogP contribution in [0.3, 0.4) is 0 Å². The van der Waals surface area contributed by atoms with Crippen molar-refractivity contribution in [3.8, 4) is 0 Å². The number of nitrogens with one attached hydrogen (secondary N) is 3. The summed E-state index contributed by atoms with van der Waals surface area (Å²) in [6.07, 6.45) is 0.